The normalized spacial score (nSPS) is 24.1. The first-order valence-electron chi connectivity index (χ1n) is 3.81. The number of aliphatic carboxylic acids is 1. The third kappa shape index (κ3) is 6.28. The average Bonchev–Trinajstić information content (AvgIpc) is 2.28. The van der Waals surface area contributed by atoms with E-state index in [1.807, 2.05) is 0 Å². The van der Waals surface area contributed by atoms with Gasteiger partial charge in [0.15, 0.2) is 9.84 Å². The van der Waals surface area contributed by atoms with E-state index in [4.69, 9.17) is 15.6 Å². The van der Waals surface area contributed by atoms with Crippen molar-refractivity contribution in [1.82, 2.24) is 0 Å². The molecule has 0 radical (unpaired) electrons. The molecular formula is C6H10F3NO4S. The number of carbonyl (C=O) groups is 1. The van der Waals surface area contributed by atoms with Crippen molar-refractivity contribution in [2.75, 3.05) is 11.5 Å². The first-order chi connectivity index (χ1) is 6.54. The van der Waals surface area contributed by atoms with Crippen molar-refractivity contribution in [3.8, 4) is 0 Å². The van der Waals surface area contributed by atoms with Gasteiger partial charge in [-0.15, -0.1) is 0 Å². The zero-order valence-corrected chi connectivity index (χ0v) is 8.31. The van der Waals surface area contributed by atoms with Gasteiger partial charge >= 0.3 is 12.1 Å². The smallest absolute Gasteiger partial charge is 0.475 e. The summed E-state index contributed by atoms with van der Waals surface area (Å²) in [5.74, 6) is -2.28. The van der Waals surface area contributed by atoms with Crippen LogP contribution < -0.4 is 5.73 Å². The van der Waals surface area contributed by atoms with Crippen LogP contribution in [0, 0.1) is 0 Å². The van der Waals surface area contributed by atoms with Crippen LogP contribution in [0.15, 0.2) is 0 Å². The van der Waals surface area contributed by atoms with Gasteiger partial charge in [0, 0.05) is 6.04 Å². The number of hydrogen-bond donors (Lipinski definition) is 2. The molecule has 15 heavy (non-hydrogen) atoms. The van der Waals surface area contributed by atoms with Crippen molar-refractivity contribution in [2.45, 2.75) is 18.6 Å². The van der Waals surface area contributed by atoms with Crippen LogP contribution in [0.1, 0.15) is 6.42 Å². The molecule has 1 atom stereocenters. The highest BCUT2D eigenvalue weighted by Gasteiger charge is 2.38. The van der Waals surface area contributed by atoms with Gasteiger partial charge in [-0.05, 0) is 6.42 Å². The summed E-state index contributed by atoms with van der Waals surface area (Å²) in [7, 11) is -2.72. The number of hydrogen-bond acceptors (Lipinski definition) is 4. The zero-order valence-electron chi connectivity index (χ0n) is 7.49. The Morgan fingerprint density at radius 1 is 1.40 bits per heavy atom. The molecule has 0 bridgehead atoms. The Bertz CT molecular complexity index is 324. The summed E-state index contributed by atoms with van der Waals surface area (Å²) in [6, 6.07) is -0.0972. The lowest BCUT2D eigenvalue weighted by Crippen LogP contribution is -2.21. The van der Waals surface area contributed by atoms with E-state index in [0.29, 0.717) is 6.42 Å². The predicted octanol–water partition coefficient (Wildman–Crippen LogP) is -0.234. The Kier molecular flexibility index (Phi) is 4.53. The molecule has 0 saturated carbocycles. The fourth-order valence-electron chi connectivity index (χ4n) is 0.824. The van der Waals surface area contributed by atoms with Crippen LogP contribution in [-0.2, 0) is 14.6 Å². The Hall–Kier alpha value is -0.830. The average molecular weight is 249 g/mol. The van der Waals surface area contributed by atoms with E-state index < -0.39 is 22.0 Å². The lowest BCUT2D eigenvalue weighted by molar-refractivity contribution is -0.192. The first kappa shape index (κ1) is 14.2. The Labute approximate surface area is 84.0 Å². The summed E-state index contributed by atoms with van der Waals surface area (Å²) < 4.78 is 52.9. The standard InChI is InChI=1S/C4H9NO2S.C2HF3O2/c5-4-1-2-8(6,7)3-4;3-2(4,5)1(6)7/h4H,1-3,5H2;(H,6,7)/t4-;/m1./s1. The summed E-state index contributed by atoms with van der Waals surface area (Å²) in [4.78, 5) is 8.90. The minimum atomic E-state index is -5.08. The Morgan fingerprint density at radius 3 is 1.87 bits per heavy atom. The maximum absolute atomic E-state index is 10.6. The van der Waals surface area contributed by atoms with Gasteiger partial charge in [0.1, 0.15) is 0 Å². The molecule has 3 N–H and O–H groups in total. The fraction of sp³-hybridized carbons (Fsp3) is 0.833. The topological polar surface area (TPSA) is 97.5 Å². The highest BCUT2D eigenvalue weighted by Crippen LogP contribution is 2.13. The van der Waals surface area contributed by atoms with Gasteiger partial charge < -0.3 is 10.8 Å². The summed E-state index contributed by atoms with van der Waals surface area (Å²) >= 11 is 0. The van der Waals surface area contributed by atoms with E-state index >= 15 is 0 Å². The van der Waals surface area contributed by atoms with Gasteiger partial charge in [-0.25, -0.2) is 13.2 Å². The zero-order chi connectivity index (χ0) is 12.3. The summed E-state index contributed by atoms with van der Waals surface area (Å²) in [5.41, 5.74) is 5.33. The van der Waals surface area contributed by atoms with E-state index in [0.717, 1.165) is 0 Å². The SMILES string of the molecule is N[C@@H]1CCS(=O)(=O)C1.O=C(O)C(F)(F)F. The molecule has 0 aliphatic carbocycles. The van der Waals surface area contributed by atoms with Crippen LogP contribution in [0.3, 0.4) is 0 Å². The number of rotatable bonds is 0. The molecule has 5 nitrogen and oxygen atoms in total. The van der Waals surface area contributed by atoms with E-state index in [1.165, 1.54) is 0 Å². The van der Waals surface area contributed by atoms with Gasteiger partial charge in [-0.3, -0.25) is 0 Å². The summed E-state index contributed by atoms with van der Waals surface area (Å²) in [5, 5.41) is 7.12. The molecular weight excluding hydrogens is 239 g/mol. The fourth-order valence-corrected chi connectivity index (χ4v) is 2.47. The van der Waals surface area contributed by atoms with E-state index in [2.05, 4.69) is 0 Å². The van der Waals surface area contributed by atoms with E-state index in [9.17, 15) is 21.6 Å². The van der Waals surface area contributed by atoms with Crippen LogP contribution >= 0.6 is 0 Å². The van der Waals surface area contributed by atoms with Crippen LogP contribution in [0.25, 0.3) is 0 Å². The number of alkyl halides is 3. The number of carboxylic acids is 1. The van der Waals surface area contributed by atoms with Crippen LogP contribution in [0.2, 0.25) is 0 Å². The minimum Gasteiger partial charge on any atom is -0.475 e. The van der Waals surface area contributed by atoms with Gasteiger partial charge in [0.2, 0.25) is 0 Å². The maximum Gasteiger partial charge on any atom is 0.490 e. The van der Waals surface area contributed by atoms with Gasteiger partial charge in [0.25, 0.3) is 0 Å². The molecule has 0 spiro atoms. The predicted molar refractivity (Wildman–Crippen MR) is 44.9 cm³/mol. The number of sulfone groups is 1. The van der Waals surface area contributed by atoms with Crippen LogP contribution in [-0.4, -0.2) is 43.2 Å². The van der Waals surface area contributed by atoms with Gasteiger partial charge in [-0.1, -0.05) is 0 Å². The lowest BCUT2D eigenvalue weighted by atomic mass is 10.3. The van der Waals surface area contributed by atoms with Gasteiger partial charge in [0.05, 0.1) is 11.5 Å². The second-order valence-electron chi connectivity index (χ2n) is 2.97. The molecule has 0 aromatic carbocycles. The molecule has 1 heterocycles. The van der Waals surface area contributed by atoms with Crippen molar-refractivity contribution in [2.24, 2.45) is 5.73 Å². The molecule has 0 amide bonds. The summed E-state index contributed by atoms with van der Waals surface area (Å²) in [6.45, 7) is 0. The monoisotopic (exact) mass is 249 g/mol. The molecule has 1 aliphatic rings. The molecule has 1 aliphatic heterocycles. The number of nitrogens with two attached hydrogens (primary N) is 1. The van der Waals surface area contributed by atoms with Gasteiger partial charge in [-0.2, -0.15) is 13.2 Å². The largest absolute Gasteiger partial charge is 0.490 e. The maximum atomic E-state index is 10.6. The number of carboxylic acid groups (broad SMARTS) is 1. The molecule has 90 valence electrons. The minimum absolute atomic E-state index is 0.0972. The van der Waals surface area contributed by atoms with E-state index in [-0.39, 0.29) is 17.5 Å². The van der Waals surface area contributed by atoms with Crippen molar-refractivity contribution in [1.29, 1.82) is 0 Å². The second-order valence-corrected chi connectivity index (χ2v) is 5.19. The third-order valence-electron chi connectivity index (χ3n) is 1.51. The molecule has 1 saturated heterocycles. The van der Waals surface area contributed by atoms with Crippen molar-refractivity contribution in [3.63, 3.8) is 0 Å². The van der Waals surface area contributed by atoms with Crippen LogP contribution in [0.4, 0.5) is 13.2 Å². The van der Waals surface area contributed by atoms with Crippen molar-refractivity contribution >= 4 is 15.8 Å². The van der Waals surface area contributed by atoms with Crippen molar-refractivity contribution < 1.29 is 31.5 Å². The quantitative estimate of drug-likeness (QED) is 0.617. The molecule has 0 aromatic rings. The molecule has 9 heteroatoms. The molecule has 1 fully saturated rings. The second kappa shape index (κ2) is 4.79. The molecule has 1 rings (SSSR count). The number of halogens is 3. The highest BCUT2D eigenvalue weighted by molar-refractivity contribution is 7.91. The van der Waals surface area contributed by atoms with Crippen molar-refractivity contribution in [3.05, 3.63) is 0 Å². The third-order valence-corrected chi connectivity index (χ3v) is 3.30. The molecule has 0 aromatic heterocycles. The van der Waals surface area contributed by atoms with E-state index in [1.54, 1.807) is 0 Å². The lowest BCUT2D eigenvalue weighted by Gasteiger charge is -1.93. The first-order valence-corrected chi connectivity index (χ1v) is 5.63. The Morgan fingerprint density at radius 2 is 1.80 bits per heavy atom. The highest BCUT2D eigenvalue weighted by atomic mass is 32.2. The summed E-state index contributed by atoms with van der Waals surface area (Å²) in [6.07, 6.45) is -4.44. The van der Waals surface area contributed by atoms with Crippen LogP contribution in [0.5, 0.6) is 0 Å². The molecule has 0 unspecified atom stereocenters. The Balaban J connectivity index is 0.000000265.